The SMILES string of the molecule is C[C@@H](Sc1nnc(CN2CCCCC2)n1-c1ccc(F)cc1)C(=O)N1CC(=O)Nc2ccccc21. The molecule has 0 unspecified atom stereocenters. The van der Waals surface area contributed by atoms with Gasteiger partial charge >= 0.3 is 0 Å². The average Bonchev–Trinajstić information content (AvgIpc) is 3.25. The number of para-hydroxylation sites is 2. The summed E-state index contributed by atoms with van der Waals surface area (Å²) < 4.78 is 15.5. The van der Waals surface area contributed by atoms with Crippen molar-refractivity contribution in [2.75, 3.05) is 29.9 Å². The lowest BCUT2D eigenvalue weighted by Crippen LogP contribution is -2.45. The van der Waals surface area contributed by atoms with Crippen molar-refractivity contribution < 1.29 is 14.0 Å². The molecule has 10 heteroatoms. The normalized spacial score (nSPS) is 17.1. The summed E-state index contributed by atoms with van der Waals surface area (Å²) in [5.74, 6) is 0.0126. The highest BCUT2D eigenvalue weighted by Crippen LogP contribution is 2.33. The molecule has 3 aromatic rings. The average molecular weight is 495 g/mol. The zero-order chi connectivity index (χ0) is 24.4. The van der Waals surface area contributed by atoms with Gasteiger partial charge in [-0.1, -0.05) is 30.3 Å². The van der Waals surface area contributed by atoms with E-state index in [-0.39, 0.29) is 24.2 Å². The topological polar surface area (TPSA) is 83.4 Å². The van der Waals surface area contributed by atoms with Crippen molar-refractivity contribution in [1.29, 1.82) is 0 Å². The first-order valence-corrected chi connectivity index (χ1v) is 12.7. The zero-order valence-electron chi connectivity index (χ0n) is 19.5. The number of rotatable bonds is 6. The molecule has 1 aromatic heterocycles. The van der Waals surface area contributed by atoms with Crippen LogP contribution in [0.15, 0.2) is 53.7 Å². The van der Waals surface area contributed by atoms with Gasteiger partial charge in [-0.15, -0.1) is 10.2 Å². The van der Waals surface area contributed by atoms with E-state index < -0.39 is 5.25 Å². The Kier molecular flexibility index (Phi) is 6.83. The Hall–Kier alpha value is -3.24. The lowest BCUT2D eigenvalue weighted by atomic mass is 10.1. The molecule has 1 fully saturated rings. The largest absolute Gasteiger partial charge is 0.323 e. The molecule has 5 rings (SSSR count). The molecule has 3 heterocycles. The van der Waals surface area contributed by atoms with Crippen molar-refractivity contribution in [2.45, 2.75) is 43.1 Å². The highest BCUT2D eigenvalue weighted by atomic mass is 32.2. The molecule has 8 nitrogen and oxygen atoms in total. The number of fused-ring (bicyclic) bond motifs is 1. The zero-order valence-corrected chi connectivity index (χ0v) is 20.3. The van der Waals surface area contributed by atoms with Gasteiger partial charge in [0, 0.05) is 5.69 Å². The lowest BCUT2D eigenvalue weighted by Gasteiger charge is -2.30. The summed E-state index contributed by atoms with van der Waals surface area (Å²) >= 11 is 1.28. The third kappa shape index (κ3) is 5.08. The number of anilines is 2. The maximum atomic E-state index is 13.6. The van der Waals surface area contributed by atoms with Crippen molar-refractivity contribution in [3.63, 3.8) is 0 Å². The van der Waals surface area contributed by atoms with Crippen LogP contribution in [0, 0.1) is 5.82 Å². The van der Waals surface area contributed by atoms with E-state index in [0.717, 1.165) is 37.4 Å². The first-order chi connectivity index (χ1) is 17.0. The van der Waals surface area contributed by atoms with Crippen LogP contribution in [0.5, 0.6) is 0 Å². The second-order valence-corrected chi connectivity index (χ2v) is 10.1. The van der Waals surface area contributed by atoms with Crippen LogP contribution in [-0.2, 0) is 16.1 Å². The highest BCUT2D eigenvalue weighted by Gasteiger charge is 2.31. The summed E-state index contributed by atoms with van der Waals surface area (Å²) in [4.78, 5) is 29.5. The van der Waals surface area contributed by atoms with Crippen LogP contribution in [0.2, 0.25) is 0 Å². The van der Waals surface area contributed by atoms with Crippen LogP contribution in [-0.4, -0.2) is 56.4 Å². The number of carbonyl (C=O) groups excluding carboxylic acids is 2. The molecule has 0 spiro atoms. The minimum atomic E-state index is -0.528. The Labute approximate surface area is 207 Å². The number of carbonyl (C=O) groups is 2. The Morgan fingerprint density at radius 2 is 1.83 bits per heavy atom. The number of amides is 2. The molecule has 35 heavy (non-hydrogen) atoms. The van der Waals surface area contributed by atoms with Gasteiger partial charge in [0.15, 0.2) is 11.0 Å². The maximum absolute atomic E-state index is 13.6. The molecule has 0 aliphatic carbocycles. The molecule has 0 saturated carbocycles. The molecule has 1 saturated heterocycles. The van der Waals surface area contributed by atoms with Gasteiger partial charge in [-0.2, -0.15) is 0 Å². The number of hydrogen-bond donors (Lipinski definition) is 1. The number of piperidine rings is 1. The van der Waals surface area contributed by atoms with E-state index in [1.165, 1.54) is 35.2 Å². The number of hydrogen-bond acceptors (Lipinski definition) is 6. The number of nitrogens with zero attached hydrogens (tertiary/aromatic N) is 5. The number of benzene rings is 2. The van der Waals surface area contributed by atoms with E-state index in [1.807, 2.05) is 22.8 Å². The summed E-state index contributed by atoms with van der Waals surface area (Å²) in [5.41, 5.74) is 2.04. The monoisotopic (exact) mass is 494 g/mol. The fourth-order valence-corrected chi connectivity index (χ4v) is 5.45. The predicted molar refractivity (Wildman–Crippen MR) is 133 cm³/mol. The van der Waals surface area contributed by atoms with Gasteiger partial charge in [0.2, 0.25) is 11.8 Å². The number of halogens is 1. The Balaban J connectivity index is 1.42. The standard InChI is InChI=1S/C25H27FN6O2S/c1-17(24(34)31-16-23(33)27-20-7-3-4-8-21(20)31)35-25-29-28-22(15-30-13-5-2-6-14-30)32(25)19-11-9-18(26)10-12-19/h3-4,7-12,17H,2,5-6,13-16H2,1H3,(H,27,33)/t17-/m1/s1. The molecular weight excluding hydrogens is 467 g/mol. The quantitative estimate of drug-likeness (QED) is 0.524. The number of thioether (sulfide) groups is 1. The van der Waals surface area contributed by atoms with E-state index in [2.05, 4.69) is 20.4 Å². The molecule has 2 aliphatic heterocycles. The Bertz CT molecular complexity index is 1220. The van der Waals surface area contributed by atoms with Gasteiger partial charge in [-0.25, -0.2) is 4.39 Å². The summed E-state index contributed by atoms with van der Waals surface area (Å²) in [7, 11) is 0. The van der Waals surface area contributed by atoms with E-state index in [9.17, 15) is 14.0 Å². The smallest absolute Gasteiger partial charge is 0.244 e. The fraction of sp³-hybridized carbons (Fsp3) is 0.360. The van der Waals surface area contributed by atoms with E-state index in [1.54, 1.807) is 25.1 Å². The van der Waals surface area contributed by atoms with Gasteiger partial charge in [0.05, 0.1) is 23.2 Å². The van der Waals surface area contributed by atoms with Crippen LogP contribution >= 0.6 is 11.8 Å². The summed E-state index contributed by atoms with van der Waals surface area (Å²) in [6.07, 6.45) is 3.55. The second-order valence-electron chi connectivity index (χ2n) is 8.80. The van der Waals surface area contributed by atoms with E-state index in [0.29, 0.717) is 23.1 Å². The molecule has 2 aliphatic rings. The molecule has 2 amide bonds. The molecule has 182 valence electrons. The molecule has 1 N–H and O–H groups in total. The van der Waals surface area contributed by atoms with Gasteiger partial charge in [0.1, 0.15) is 12.4 Å². The van der Waals surface area contributed by atoms with E-state index in [4.69, 9.17) is 0 Å². The third-order valence-corrected chi connectivity index (χ3v) is 7.30. The van der Waals surface area contributed by atoms with Crippen LogP contribution in [0.1, 0.15) is 32.0 Å². The Morgan fingerprint density at radius 3 is 2.60 bits per heavy atom. The summed E-state index contributed by atoms with van der Waals surface area (Å²) in [5, 5.41) is 11.7. The van der Waals surface area contributed by atoms with Crippen molar-refractivity contribution in [3.8, 4) is 5.69 Å². The first kappa shape index (κ1) is 23.5. The van der Waals surface area contributed by atoms with Gasteiger partial charge in [0.25, 0.3) is 0 Å². The predicted octanol–water partition coefficient (Wildman–Crippen LogP) is 3.86. The first-order valence-electron chi connectivity index (χ1n) is 11.8. The minimum absolute atomic E-state index is 0.0361. The van der Waals surface area contributed by atoms with Gasteiger partial charge in [-0.3, -0.25) is 24.0 Å². The number of likely N-dealkylation sites (tertiary alicyclic amines) is 1. The van der Waals surface area contributed by atoms with E-state index >= 15 is 0 Å². The number of nitrogens with one attached hydrogen (secondary N) is 1. The fourth-order valence-electron chi connectivity index (χ4n) is 4.50. The van der Waals surface area contributed by atoms with Crippen LogP contribution in [0.25, 0.3) is 5.69 Å². The molecule has 1 atom stereocenters. The molecule has 0 radical (unpaired) electrons. The van der Waals surface area contributed by atoms with Crippen LogP contribution in [0.4, 0.5) is 15.8 Å². The third-order valence-electron chi connectivity index (χ3n) is 6.27. The maximum Gasteiger partial charge on any atom is 0.244 e. The molecular formula is C25H27FN6O2S. The van der Waals surface area contributed by atoms with Crippen molar-refractivity contribution >= 4 is 35.0 Å². The highest BCUT2D eigenvalue weighted by molar-refractivity contribution is 8.00. The lowest BCUT2D eigenvalue weighted by molar-refractivity contribution is -0.121. The summed E-state index contributed by atoms with van der Waals surface area (Å²) in [6.45, 7) is 4.41. The molecule has 0 bridgehead atoms. The Morgan fingerprint density at radius 1 is 1.09 bits per heavy atom. The van der Waals surface area contributed by atoms with Crippen LogP contribution in [0.3, 0.4) is 0 Å². The second kappa shape index (κ2) is 10.2. The van der Waals surface area contributed by atoms with Crippen molar-refractivity contribution in [3.05, 3.63) is 60.2 Å². The number of aromatic nitrogens is 3. The van der Waals surface area contributed by atoms with Crippen molar-refractivity contribution in [2.24, 2.45) is 0 Å². The summed E-state index contributed by atoms with van der Waals surface area (Å²) in [6, 6.07) is 13.5. The van der Waals surface area contributed by atoms with Crippen molar-refractivity contribution in [1.82, 2.24) is 19.7 Å². The molecule has 2 aromatic carbocycles. The minimum Gasteiger partial charge on any atom is -0.323 e. The van der Waals surface area contributed by atoms with Gasteiger partial charge < -0.3 is 5.32 Å². The van der Waals surface area contributed by atoms with Crippen LogP contribution < -0.4 is 10.2 Å². The van der Waals surface area contributed by atoms with Gasteiger partial charge in [-0.05, 0) is 69.3 Å².